The Labute approximate surface area is 169 Å². The highest BCUT2D eigenvalue weighted by Crippen LogP contribution is 2.21. The molecule has 1 unspecified atom stereocenters. The molecule has 0 bridgehead atoms. The number of hydrogen-bond acceptors (Lipinski definition) is 2. The maximum Gasteiger partial charge on any atom is 0.251 e. The topological polar surface area (TPSA) is 58.2 Å². The van der Waals surface area contributed by atoms with Crippen LogP contribution in [0.25, 0.3) is 0 Å². The van der Waals surface area contributed by atoms with Crippen molar-refractivity contribution in [3.05, 3.63) is 107 Å². The molecule has 5 heteroatoms. The number of halogens is 1. The predicted octanol–water partition coefficient (Wildman–Crippen LogP) is 3.70. The predicted molar refractivity (Wildman–Crippen MR) is 111 cm³/mol. The van der Waals surface area contributed by atoms with Gasteiger partial charge in [-0.3, -0.25) is 9.59 Å². The number of carbonyl (C=O) groups excluding carboxylic acids is 2. The van der Waals surface area contributed by atoms with Crippen molar-refractivity contribution in [3.63, 3.8) is 0 Å². The summed E-state index contributed by atoms with van der Waals surface area (Å²) in [7, 11) is 0. The highest BCUT2D eigenvalue weighted by Gasteiger charge is 2.21. The Morgan fingerprint density at radius 2 is 1.34 bits per heavy atom. The largest absolute Gasteiger partial charge is 0.354 e. The molecule has 0 aliphatic carbocycles. The van der Waals surface area contributed by atoms with Gasteiger partial charge < -0.3 is 10.6 Å². The van der Waals surface area contributed by atoms with Crippen LogP contribution in [0.15, 0.2) is 84.9 Å². The Morgan fingerprint density at radius 3 is 2.00 bits per heavy atom. The number of rotatable bonds is 8. The molecule has 0 aromatic heterocycles. The quantitative estimate of drug-likeness (QED) is 0.576. The van der Waals surface area contributed by atoms with Gasteiger partial charge in [0.2, 0.25) is 5.91 Å². The third-order valence-electron chi connectivity index (χ3n) is 4.62. The van der Waals surface area contributed by atoms with Crippen LogP contribution in [0.2, 0.25) is 0 Å². The van der Waals surface area contributed by atoms with E-state index >= 15 is 0 Å². The maximum absolute atomic E-state index is 13.3. The highest BCUT2D eigenvalue weighted by atomic mass is 19.1. The Morgan fingerprint density at radius 1 is 0.759 bits per heavy atom. The van der Waals surface area contributed by atoms with Gasteiger partial charge in [-0.25, -0.2) is 4.39 Å². The third-order valence-corrected chi connectivity index (χ3v) is 4.62. The maximum atomic E-state index is 13.3. The van der Waals surface area contributed by atoms with Crippen molar-refractivity contribution >= 4 is 11.8 Å². The van der Waals surface area contributed by atoms with Gasteiger partial charge in [-0.05, 0) is 41.8 Å². The summed E-state index contributed by atoms with van der Waals surface area (Å²) in [5.74, 6) is -1.12. The minimum Gasteiger partial charge on any atom is -0.354 e. The lowest BCUT2D eigenvalue weighted by molar-refractivity contribution is -0.122. The molecule has 0 aliphatic rings. The van der Waals surface area contributed by atoms with Gasteiger partial charge in [-0.2, -0.15) is 0 Å². The van der Waals surface area contributed by atoms with Crippen LogP contribution in [0.3, 0.4) is 0 Å². The van der Waals surface area contributed by atoms with Gasteiger partial charge in [0.1, 0.15) is 5.82 Å². The van der Waals surface area contributed by atoms with Gasteiger partial charge in [0.15, 0.2) is 0 Å². The monoisotopic (exact) mass is 390 g/mol. The normalized spacial score (nSPS) is 11.5. The number of nitrogens with one attached hydrogen (secondary N) is 2. The summed E-state index contributed by atoms with van der Waals surface area (Å²) < 4.78 is 13.3. The minimum absolute atomic E-state index is 0.158. The van der Waals surface area contributed by atoms with Gasteiger partial charge >= 0.3 is 0 Å². The van der Waals surface area contributed by atoms with Crippen LogP contribution in [0, 0.1) is 5.82 Å². The lowest BCUT2D eigenvalue weighted by Gasteiger charge is -2.18. The van der Waals surface area contributed by atoms with Crippen LogP contribution in [0.1, 0.15) is 27.4 Å². The molecule has 1 atom stereocenters. The summed E-state index contributed by atoms with van der Waals surface area (Å²) in [4.78, 5) is 24.9. The molecule has 2 amide bonds. The summed E-state index contributed by atoms with van der Waals surface area (Å²) in [5, 5.41) is 5.66. The van der Waals surface area contributed by atoms with Crippen LogP contribution in [-0.4, -0.2) is 24.9 Å². The van der Waals surface area contributed by atoms with Crippen molar-refractivity contribution in [3.8, 4) is 0 Å². The second kappa shape index (κ2) is 10.2. The van der Waals surface area contributed by atoms with Crippen molar-refractivity contribution in [2.45, 2.75) is 12.3 Å². The molecule has 0 saturated carbocycles. The SMILES string of the molecule is O=C(NCCNC(=O)C(Cc1ccccc1)c1ccc(F)cc1)c1ccccc1. The molecule has 3 rings (SSSR count). The first-order valence-electron chi connectivity index (χ1n) is 9.54. The van der Waals surface area contributed by atoms with Crippen LogP contribution in [-0.2, 0) is 11.2 Å². The Kier molecular flexibility index (Phi) is 7.11. The van der Waals surface area contributed by atoms with Gasteiger partial charge in [0.25, 0.3) is 5.91 Å². The molecular weight excluding hydrogens is 367 g/mol. The second-order valence-electron chi connectivity index (χ2n) is 6.71. The number of hydrogen-bond donors (Lipinski definition) is 2. The van der Waals surface area contributed by atoms with Gasteiger partial charge in [-0.1, -0.05) is 60.7 Å². The molecule has 148 valence electrons. The molecular formula is C24H23FN2O2. The number of amides is 2. The zero-order valence-corrected chi connectivity index (χ0v) is 16.0. The van der Waals surface area contributed by atoms with E-state index in [0.29, 0.717) is 25.1 Å². The first-order valence-corrected chi connectivity index (χ1v) is 9.54. The van der Waals surface area contributed by atoms with Crippen molar-refractivity contribution in [2.24, 2.45) is 0 Å². The van der Waals surface area contributed by atoms with Gasteiger partial charge in [0, 0.05) is 18.7 Å². The molecule has 0 heterocycles. The highest BCUT2D eigenvalue weighted by molar-refractivity contribution is 5.94. The molecule has 0 saturated heterocycles. The summed E-state index contributed by atoms with van der Waals surface area (Å²) in [6.07, 6.45) is 0.509. The van der Waals surface area contributed by atoms with Crippen molar-refractivity contribution in [1.29, 1.82) is 0 Å². The Balaban J connectivity index is 1.59. The van der Waals surface area contributed by atoms with E-state index in [1.54, 1.807) is 36.4 Å². The zero-order chi connectivity index (χ0) is 20.5. The van der Waals surface area contributed by atoms with E-state index in [4.69, 9.17) is 0 Å². The molecule has 3 aromatic rings. The van der Waals surface area contributed by atoms with E-state index in [9.17, 15) is 14.0 Å². The fourth-order valence-electron chi connectivity index (χ4n) is 3.08. The molecule has 29 heavy (non-hydrogen) atoms. The summed E-state index contributed by atoms with van der Waals surface area (Å²) in [6, 6.07) is 24.6. The lowest BCUT2D eigenvalue weighted by Crippen LogP contribution is -2.37. The van der Waals surface area contributed by atoms with Crippen LogP contribution in [0.4, 0.5) is 4.39 Å². The fraction of sp³-hybridized carbons (Fsp3) is 0.167. The Hall–Kier alpha value is -3.47. The summed E-state index contributed by atoms with van der Waals surface area (Å²) in [6.45, 7) is 0.630. The molecule has 0 spiro atoms. The van der Waals surface area contributed by atoms with Gasteiger partial charge in [0.05, 0.1) is 5.92 Å². The van der Waals surface area contributed by atoms with Crippen LogP contribution in [0.5, 0.6) is 0 Å². The zero-order valence-electron chi connectivity index (χ0n) is 16.0. The van der Waals surface area contributed by atoms with E-state index in [0.717, 1.165) is 11.1 Å². The summed E-state index contributed by atoms with van der Waals surface area (Å²) >= 11 is 0. The molecule has 0 fully saturated rings. The first kappa shape index (κ1) is 20.3. The average Bonchev–Trinajstić information content (AvgIpc) is 2.77. The number of benzene rings is 3. The lowest BCUT2D eigenvalue weighted by atomic mass is 9.91. The molecule has 4 nitrogen and oxygen atoms in total. The summed E-state index contributed by atoms with van der Waals surface area (Å²) in [5.41, 5.74) is 2.35. The van der Waals surface area contributed by atoms with Gasteiger partial charge in [-0.15, -0.1) is 0 Å². The van der Waals surface area contributed by atoms with Crippen molar-refractivity contribution in [1.82, 2.24) is 10.6 Å². The van der Waals surface area contributed by atoms with Crippen LogP contribution >= 0.6 is 0 Å². The Bertz CT molecular complexity index is 928. The average molecular weight is 390 g/mol. The smallest absolute Gasteiger partial charge is 0.251 e. The second-order valence-corrected chi connectivity index (χ2v) is 6.71. The molecule has 2 N–H and O–H groups in total. The van der Waals surface area contributed by atoms with E-state index in [1.165, 1.54) is 12.1 Å². The van der Waals surface area contributed by atoms with Crippen molar-refractivity contribution < 1.29 is 14.0 Å². The fourth-order valence-corrected chi connectivity index (χ4v) is 3.08. The van der Waals surface area contributed by atoms with E-state index in [2.05, 4.69) is 10.6 Å². The molecule has 0 radical (unpaired) electrons. The first-order chi connectivity index (χ1) is 14.1. The molecule has 3 aromatic carbocycles. The van der Waals surface area contributed by atoms with Crippen molar-refractivity contribution in [2.75, 3.05) is 13.1 Å². The van der Waals surface area contributed by atoms with Crippen LogP contribution < -0.4 is 10.6 Å². The number of carbonyl (C=O) groups is 2. The van der Waals surface area contributed by atoms with E-state index < -0.39 is 5.92 Å². The van der Waals surface area contributed by atoms with E-state index in [-0.39, 0.29) is 17.6 Å². The minimum atomic E-state index is -0.442. The van der Waals surface area contributed by atoms with E-state index in [1.807, 2.05) is 36.4 Å². The molecule has 0 aliphatic heterocycles. The standard InChI is InChI=1S/C24H23FN2O2/c25-21-13-11-19(12-14-21)22(17-18-7-3-1-4-8-18)24(29)27-16-15-26-23(28)20-9-5-2-6-10-20/h1-14,22H,15-17H2,(H,26,28)(H,27,29). The third kappa shape index (κ3) is 6.01.